The van der Waals surface area contributed by atoms with Gasteiger partial charge in [0.15, 0.2) is 11.6 Å². The second-order valence-corrected chi connectivity index (χ2v) is 27.0. The number of fused-ring (bicyclic) bond motifs is 2. The molecule has 1 saturated carbocycles. The number of rotatable bonds is 38. The van der Waals surface area contributed by atoms with Crippen molar-refractivity contribution in [1.29, 1.82) is 0 Å². The van der Waals surface area contributed by atoms with Crippen molar-refractivity contribution < 1.29 is 58.2 Å². The lowest BCUT2D eigenvalue weighted by atomic mass is 9.80. The van der Waals surface area contributed by atoms with Gasteiger partial charge in [-0.05, 0) is 166 Å². The van der Waals surface area contributed by atoms with Gasteiger partial charge >= 0.3 is 0 Å². The van der Waals surface area contributed by atoms with E-state index in [4.69, 9.17) is 5.73 Å². The number of phenolic OH excluding ortho intramolecular Hbond substituents is 1. The monoisotopic (exact) mass is 1310 g/mol. The first-order chi connectivity index (χ1) is 46.0. The number of carbonyl (C=O) groups excluding carboxylic acids is 10. The molecule has 21 nitrogen and oxygen atoms in total. The van der Waals surface area contributed by atoms with E-state index < -0.39 is 90.4 Å². The maximum Gasteiger partial charge on any atom is 0.243 e. The first kappa shape index (κ1) is 73.0. The van der Waals surface area contributed by atoms with Crippen LogP contribution >= 0.6 is 0 Å². The first-order valence-corrected chi connectivity index (χ1v) is 33.9. The van der Waals surface area contributed by atoms with E-state index in [9.17, 15) is 48.6 Å². The first-order valence-electron chi connectivity index (χ1n) is 33.9. The van der Waals surface area contributed by atoms with Crippen LogP contribution in [-0.4, -0.2) is 149 Å². The Hall–Kier alpha value is -8.82. The number of likely N-dealkylation sites (tertiary alicyclic amines) is 1. The summed E-state index contributed by atoms with van der Waals surface area (Å²) in [7, 11) is 0. The molecule has 3 aliphatic carbocycles. The Kier molecular flexibility index (Phi) is 26.8. The van der Waals surface area contributed by atoms with Crippen LogP contribution in [-0.2, 0) is 67.2 Å². The van der Waals surface area contributed by atoms with Crippen molar-refractivity contribution >= 4 is 81.6 Å². The Labute approximate surface area is 562 Å². The van der Waals surface area contributed by atoms with Crippen molar-refractivity contribution in [1.82, 2.24) is 31.5 Å². The van der Waals surface area contributed by atoms with Crippen molar-refractivity contribution in [3.8, 4) is 5.75 Å². The van der Waals surface area contributed by atoms with E-state index in [0.717, 1.165) is 44.5 Å². The number of nitrogens with two attached hydrogens (primary N) is 1. The minimum absolute atomic E-state index is 0.0411. The lowest BCUT2D eigenvalue weighted by molar-refractivity contribution is -0.136. The molecule has 0 bridgehead atoms. The van der Waals surface area contributed by atoms with E-state index in [1.54, 1.807) is 36.4 Å². The molecular weight excluding hydrogens is 1220 g/mol. The molecule has 2 heterocycles. The van der Waals surface area contributed by atoms with Gasteiger partial charge in [0.2, 0.25) is 29.5 Å². The Morgan fingerprint density at radius 3 is 1.93 bits per heavy atom. The summed E-state index contributed by atoms with van der Waals surface area (Å²) in [4.78, 5) is 152. The Morgan fingerprint density at radius 1 is 0.698 bits per heavy atom. The highest BCUT2D eigenvalue weighted by atomic mass is 16.3. The third-order valence-electron chi connectivity index (χ3n) is 18.9. The number of nitrogens with one attached hydrogen (secondary N) is 5. The third kappa shape index (κ3) is 21.1. The SMILES string of the molecule is C=C(CC(CC1=CN=CC1)C(=O)CC(CC1=CCc2ccccc21)C(=O)NC(CO)C(=O)CC(Cc1ccc(O)cc1)C(=O)NC(CC1=CCc2ccccc21)C(=O)NC(CC(C)C)C(=O)NC(CCCN=C(C)N)C(=O)CN1CCCC1C(=O)NCC(C)=O)C1CCC(=O)C1. The van der Waals surface area contributed by atoms with Crippen LogP contribution in [0, 0.1) is 29.6 Å². The van der Waals surface area contributed by atoms with Gasteiger partial charge in [-0.1, -0.05) is 98.8 Å². The molecule has 8 rings (SSSR count). The molecule has 5 amide bonds. The number of ketones is 5. The topological polar surface area (TPSA) is 325 Å². The summed E-state index contributed by atoms with van der Waals surface area (Å²) in [6.07, 6.45) is 12.4. The number of aromatic hydroxyl groups is 1. The molecule has 512 valence electrons. The van der Waals surface area contributed by atoms with Crippen LogP contribution in [0.3, 0.4) is 0 Å². The van der Waals surface area contributed by atoms with Gasteiger partial charge in [0.1, 0.15) is 41.2 Å². The van der Waals surface area contributed by atoms with Crippen LogP contribution in [0.1, 0.15) is 152 Å². The molecule has 9 N–H and O–H groups in total. The Bertz CT molecular complexity index is 3540. The van der Waals surface area contributed by atoms with Gasteiger partial charge in [0.25, 0.3) is 0 Å². The van der Waals surface area contributed by atoms with Gasteiger partial charge in [0, 0.05) is 75.2 Å². The van der Waals surface area contributed by atoms with Gasteiger partial charge in [0.05, 0.1) is 37.6 Å². The second kappa shape index (κ2) is 35.3. The molecule has 0 radical (unpaired) electrons. The normalized spacial score (nSPS) is 18.8. The molecule has 0 spiro atoms. The van der Waals surface area contributed by atoms with Crippen LogP contribution in [0.5, 0.6) is 5.75 Å². The number of nitrogens with zero attached hydrogens (tertiary/aromatic N) is 3. The number of hydrogen-bond donors (Lipinski definition) is 8. The number of phenols is 1. The molecule has 3 aromatic rings. The van der Waals surface area contributed by atoms with Crippen molar-refractivity contribution in [2.45, 2.75) is 173 Å². The number of carbonyl (C=O) groups is 10. The number of hydrogen-bond acceptors (Lipinski definition) is 15. The summed E-state index contributed by atoms with van der Waals surface area (Å²) in [5.41, 5.74) is 13.6. The van der Waals surface area contributed by atoms with Crippen molar-refractivity contribution in [3.63, 3.8) is 0 Å². The Morgan fingerprint density at radius 2 is 1.31 bits per heavy atom. The minimum atomic E-state index is -1.54. The largest absolute Gasteiger partial charge is 0.508 e. The molecule has 2 aliphatic heterocycles. The maximum absolute atomic E-state index is 15.2. The summed E-state index contributed by atoms with van der Waals surface area (Å²) >= 11 is 0. The summed E-state index contributed by atoms with van der Waals surface area (Å²) < 4.78 is 0. The summed E-state index contributed by atoms with van der Waals surface area (Å²) in [6.45, 7) is 10.6. The fourth-order valence-corrected chi connectivity index (χ4v) is 13.7. The lowest BCUT2D eigenvalue weighted by Gasteiger charge is -2.29. The van der Waals surface area contributed by atoms with Crippen LogP contribution in [0.4, 0.5) is 0 Å². The molecule has 0 aromatic heterocycles. The predicted octanol–water partition coefficient (Wildman–Crippen LogP) is 6.70. The minimum Gasteiger partial charge on any atom is -0.508 e. The smallest absolute Gasteiger partial charge is 0.243 e. The van der Waals surface area contributed by atoms with Gasteiger partial charge in [-0.3, -0.25) is 62.8 Å². The highest BCUT2D eigenvalue weighted by molar-refractivity contribution is 5.99. The number of allylic oxidation sites excluding steroid dienone is 5. The van der Waals surface area contributed by atoms with E-state index in [1.165, 1.54) is 19.1 Å². The predicted molar refractivity (Wildman–Crippen MR) is 368 cm³/mol. The Balaban J connectivity index is 1.03. The fraction of sp³-hybridized carbons (Fsp3) is 0.493. The van der Waals surface area contributed by atoms with E-state index in [0.29, 0.717) is 88.6 Å². The van der Waals surface area contributed by atoms with Gasteiger partial charge in [-0.2, -0.15) is 0 Å². The molecule has 5 aliphatic rings. The standard InChI is InChI=1S/C75H95N9O12/c1-45(2)32-64(73(94)80-63(16-10-29-78-48(5)76)70(91)43-84-31-11-17-67(84)75(96)79-41-47(4)86)82-74(95)65(38-55-23-21-52-13-7-9-15-62(52)55)81-71(92)57(34-49-18-25-59(87)26-19-49)40-69(90)66(44-85)83-72(93)58(36-54-22-20-51-12-6-8-14-61(51)54)39-68(89)56(35-50-28-30-77-42-50)33-46(3)53-24-27-60(88)37-53/h6-9,12-15,18-19,22-23,25-26,30,42,45,53,56-58,63-67,85,87H,3,10-11,16-17,20-21,24,27-29,31-41,43-44H2,1-2,4-5H3,(H2,76,78)(H,79,96)(H,80,94)(H,81,92)(H,82,95)(H,83,93). The molecule has 3 aromatic carbocycles. The lowest BCUT2D eigenvalue weighted by Crippen LogP contribution is -2.57. The van der Waals surface area contributed by atoms with E-state index >= 15 is 9.59 Å². The van der Waals surface area contributed by atoms with Crippen LogP contribution in [0.2, 0.25) is 0 Å². The van der Waals surface area contributed by atoms with Gasteiger partial charge < -0.3 is 42.5 Å². The highest BCUT2D eigenvalue weighted by Gasteiger charge is 2.39. The number of aliphatic hydroxyl groups is 1. The highest BCUT2D eigenvalue weighted by Crippen LogP contribution is 2.38. The molecule has 2 fully saturated rings. The molecular formula is C75H95N9O12. The van der Waals surface area contributed by atoms with Crippen LogP contribution in [0.15, 0.2) is 119 Å². The average molecular weight is 1310 g/mol. The van der Waals surface area contributed by atoms with Crippen LogP contribution in [0.25, 0.3) is 11.1 Å². The molecule has 9 unspecified atom stereocenters. The van der Waals surface area contributed by atoms with E-state index in [-0.39, 0.29) is 105 Å². The fourth-order valence-electron chi connectivity index (χ4n) is 13.7. The number of amides is 5. The third-order valence-corrected chi connectivity index (χ3v) is 18.9. The zero-order valence-electron chi connectivity index (χ0n) is 55.9. The van der Waals surface area contributed by atoms with E-state index in [2.05, 4.69) is 43.1 Å². The maximum atomic E-state index is 15.2. The van der Waals surface area contributed by atoms with Gasteiger partial charge in [-0.15, -0.1) is 0 Å². The second-order valence-electron chi connectivity index (χ2n) is 27.0. The number of benzene rings is 3. The number of aliphatic hydroxyl groups excluding tert-OH is 1. The number of aliphatic imine (C=N–C) groups is 2. The van der Waals surface area contributed by atoms with Crippen molar-refractivity contribution in [3.05, 3.63) is 137 Å². The molecule has 96 heavy (non-hydrogen) atoms. The molecule has 9 atom stereocenters. The number of Topliss-reactive ketones (excluding diaryl/α,β-unsaturated/α-hetero) is 5. The van der Waals surface area contributed by atoms with E-state index in [1.807, 2.05) is 74.5 Å². The van der Waals surface area contributed by atoms with Crippen molar-refractivity contribution in [2.75, 3.05) is 32.8 Å². The zero-order valence-corrected chi connectivity index (χ0v) is 55.9. The van der Waals surface area contributed by atoms with Crippen LogP contribution < -0.4 is 32.3 Å². The van der Waals surface area contributed by atoms with Gasteiger partial charge in [-0.25, -0.2) is 0 Å². The zero-order chi connectivity index (χ0) is 69.0. The quantitative estimate of drug-likeness (QED) is 0.0128. The summed E-state index contributed by atoms with van der Waals surface area (Å²) in [5.74, 6) is -7.23. The molecule has 1 saturated heterocycles. The molecule has 21 heteroatoms. The summed E-state index contributed by atoms with van der Waals surface area (Å²) in [5, 5.41) is 35.6. The number of amidine groups is 1. The average Bonchev–Trinajstić information content (AvgIpc) is 2.30. The summed E-state index contributed by atoms with van der Waals surface area (Å²) in [6, 6.07) is 15.7. The van der Waals surface area contributed by atoms with Crippen molar-refractivity contribution in [2.24, 2.45) is 45.3 Å².